The number of carboxylic acids is 2. The zero-order valence-corrected chi connectivity index (χ0v) is 17.4. The highest BCUT2D eigenvalue weighted by Gasteiger charge is 2.55. The fourth-order valence-electron chi connectivity index (χ4n) is 3.30. The van der Waals surface area contributed by atoms with Gasteiger partial charge in [-0.25, -0.2) is 14.4 Å². The molecule has 0 radical (unpaired) electrons. The van der Waals surface area contributed by atoms with Crippen LogP contribution in [0.2, 0.25) is 10.0 Å². The molecule has 31 heavy (non-hydrogen) atoms. The second-order valence-corrected chi connectivity index (χ2v) is 7.75. The van der Waals surface area contributed by atoms with Crippen molar-refractivity contribution in [2.45, 2.75) is 24.6 Å². The van der Waals surface area contributed by atoms with Gasteiger partial charge in [-0.2, -0.15) is 0 Å². The van der Waals surface area contributed by atoms with Crippen LogP contribution < -0.4 is 5.32 Å². The molecule has 1 aliphatic rings. The Morgan fingerprint density at radius 3 is 2.39 bits per heavy atom. The predicted octanol–water partition coefficient (Wildman–Crippen LogP) is 3.31. The van der Waals surface area contributed by atoms with Crippen LogP contribution in [0.4, 0.5) is 0 Å². The van der Waals surface area contributed by atoms with Gasteiger partial charge in [0.1, 0.15) is 12.4 Å². The number of carbonyl (C=O) groups is 3. The molecule has 3 rings (SSSR count). The maximum Gasteiger partial charge on any atom is 0.336 e. The molecule has 1 saturated heterocycles. The first kappa shape index (κ1) is 22.6. The number of nitrogens with one attached hydrogen (secondary N) is 1. The molecule has 1 unspecified atom stereocenters. The van der Waals surface area contributed by atoms with Gasteiger partial charge >= 0.3 is 17.9 Å². The molecule has 2 aromatic carbocycles. The summed E-state index contributed by atoms with van der Waals surface area (Å²) in [6, 6.07) is 10.3. The molecule has 0 aromatic heterocycles. The molecule has 0 amide bonds. The number of aliphatic carboxylic acids is 2. The van der Waals surface area contributed by atoms with E-state index in [1.54, 1.807) is 24.3 Å². The Morgan fingerprint density at radius 2 is 1.77 bits per heavy atom. The van der Waals surface area contributed by atoms with Crippen molar-refractivity contribution in [3.8, 4) is 5.75 Å². The third-order valence-electron chi connectivity index (χ3n) is 4.86. The number of benzene rings is 2. The summed E-state index contributed by atoms with van der Waals surface area (Å²) in [6.07, 6.45) is 0.467. The summed E-state index contributed by atoms with van der Waals surface area (Å²) in [5.74, 6) is -4.53. The maximum absolute atomic E-state index is 12.4. The van der Waals surface area contributed by atoms with Crippen molar-refractivity contribution in [2.24, 2.45) is 0 Å². The molecule has 0 spiro atoms. The number of hydrogen-bond acceptors (Lipinski definition) is 6. The van der Waals surface area contributed by atoms with E-state index in [4.69, 9.17) is 27.9 Å². The molecule has 4 N–H and O–H groups in total. The normalized spacial score (nSPS) is 18.6. The lowest BCUT2D eigenvalue weighted by molar-refractivity contribution is -0.158. The van der Waals surface area contributed by atoms with Gasteiger partial charge in [0.25, 0.3) is 0 Å². The molecule has 0 aliphatic carbocycles. The van der Waals surface area contributed by atoms with Crippen LogP contribution in [0.25, 0.3) is 0 Å². The molecule has 8 nitrogen and oxygen atoms in total. The fraction of sp³-hybridized carbons (Fsp3) is 0.190. The largest absolute Gasteiger partial charge is 0.506 e. The fourth-order valence-corrected chi connectivity index (χ4v) is 3.81. The lowest BCUT2D eigenvalue weighted by Gasteiger charge is -2.21. The minimum atomic E-state index is -2.42. The molecule has 10 heteroatoms. The van der Waals surface area contributed by atoms with E-state index in [9.17, 15) is 29.7 Å². The van der Waals surface area contributed by atoms with Crippen LogP contribution in [0.15, 0.2) is 54.1 Å². The monoisotopic (exact) mass is 465 g/mol. The molecule has 1 heterocycles. The number of hydrogen-bond donors (Lipinski definition) is 4. The Bertz CT molecular complexity index is 1050. The molecule has 1 atom stereocenters. The number of carboxylic acid groups (broad SMARTS) is 2. The Labute approximate surface area is 186 Å². The van der Waals surface area contributed by atoms with Crippen LogP contribution in [0.1, 0.15) is 23.6 Å². The van der Waals surface area contributed by atoms with E-state index in [0.717, 1.165) is 11.6 Å². The quantitative estimate of drug-likeness (QED) is 0.290. The molecular formula is C21H17Cl2NO7. The highest BCUT2D eigenvalue weighted by Crippen LogP contribution is 2.44. The molecule has 1 fully saturated rings. The number of rotatable bonds is 6. The molecule has 0 bridgehead atoms. The van der Waals surface area contributed by atoms with E-state index in [-0.39, 0.29) is 27.8 Å². The summed E-state index contributed by atoms with van der Waals surface area (Å²) < 4.78 is 5.19. The van der Waals surface area contributed by atoms with Gasteiger partial charge in [0, 0.05) is 23.1 Å². The van der Waals surface area contributed by atoms with E-state index in [2.05, 4.69) is 5.32 Å². The highest BCUT2D eigenvalue weighted by atomic mass is 35.5. The predicted molar refractivity (Wildman–Crippen MR) is 111 cm³/mol. The van der Waals surface area contributed by atoms with Crippen LogP contribution >= 0.6 is 23.2 Å². The van der Waals surface area contributed by atoms with Gasteiger partial charge in [-0.3, -0.25) is 5.32 Å². The zero-order valence-electron chi connectivity index (χ0n) is 15.8. The summed E-state index contributed by atoms with van der Waals surface area (Å²) in [5, 5.41) is 32.0. The highest BCUT2D eigenvalue weighted by molar-refractivity contribution is 6.35. The van der Waals surface area contributed by atoms with Crippen LogP contribution in [0, 0.1) is 0 Å². The Kier molecular flexibility index (Phi) is 6.54. The zero-order chi connectivity index (χ0) is 22.8. The van der Waals surface area contributed by atoms with Gasteiger partial charge in [0.2, 0.25) is 5.54 Å². The van der Waals surface area contributed by atoms with Gasteiger partial charge in [0.15, 0.2) is 0 Å². The summed E-state index contributed by atoms with van der Waals surface area (Å²) in [5.41, 5.74) is -1.57. The van der Waals surface area contributed by atoms with Crippen molar-refractivity contribution < 1.29 is 34.4 Å². The van der Waals surface area contributed by atoms with Crippen LogP contribution in [0.3, 0.4) is 0 Å². The SMILES string of the molecule is O=C(/C=C1\CC(C(=O)O)(C(=O)O)NC1c1cc(Cl)cc(Cl)c1O)OCc1ccccc1. The van der Waals surface area contributed by atoms with Gasteiger partial charge in [-0.1, -0.05) is 53.5 Å². The first-order valence-corrected chi connectivity index (χ1v) is 9.73. The van der Waals surface area contributed by atoms with Crippen molar-refractivity contribution in [2.75, 3.05) is 0 Å². The number of aromatic hydroxyl groups is 1. The van der Waals surface area contributed by atoms with Crippen LogP contribution in [-0.4, -0.2) is 38.8 Å². The Morgan fingerprint density at radius 1 is 1.13 bits per heavy atom. The van der Waals surface area contributed by atoms with Crippen molar-refractivity contribution in [1.82, 2.24) is 5.32 Å². The number of esters is 1. The topological polar surface area (TPSA) is 133 Å². The number of phenols is 1. The maximum atomic E-state index is 12.4. The second kappa shape index (κ2) is 8.97. The van der Waals surface area contributed by atoms with Crippen molar-refractivity contribution in [1.29, 1.82) is 0 Å². The first-order chi connectivity index (χ1) is 14.6. The van der Waals surface area contributed by atoms with Gasteiger partial charge in [-0.05, 0) is 23.3 Å². The lowest BCUT2D eigenvalue weighted by atomic mass is 9.93. The minimum Gasteiger partial charge on any atom is -0.506 e. The van der Waals surface area contributed by atoms with E-state index in [0.29, 0.717) is 0 Å². The van der Waals surface area contributed by atoms with Crippen molar-refractivity contribution >= 4 is 41.1 Å². The Balaban J connectivity index is 1.98. The number of phenolic OH excluding ortho intramolecular Hbond substituents is 1. The van der Waals surface area contributed by atoms with E-state index >= 15 is 0 Å². The number of carbonyl (C=O) groups excluding carboxylic acids is 1. The second-order valence-electron chi connectivity index (χ2n) is 6.91. The lowest BCUT2D eigenvalue weighted by Crippen LogP contribution is -2.54. The third-order valence-corrected chi connectivity index (χ3v) is 5.36. The summed E-state index contributed by atoms with van der Waals surface area (Å²) in [4.78, 5) is 36.0. The standard InChI is InChI=1S/C21H17Cl2NO7/c22-13-7-14(18(26)15(23)8-13)17-12(9-21(24-17,19(27)28)20(29)30)6-16(25)31-10-11-4-2-1-3-5-11/h1-8,17,24,26H,9-10H2,(H,27,28)(H,29,30)/b12-6+. The number of halogens is 2. The number of ether oxygens (including phenoxy) is 1. The minimum absolute atomic E-state index is 0.0290. The van der Waals surface area contributed by atoms with Gasteiger partial charge in [0.05, 0.1) is 11.1 Å². The molecule has 2 aromatic rings. The van der Waals surface area contributed by atoms with E-state index < -0.39 is 41.7 Å². The van der Waals surface area contributed by atoms with E-state index in [1.165, 1.54) is 12.1 Å². The molecule has 0 saturated carbocycles. The Hall–Kier alpha value is -3.07. The van der Waals surface area contributed by atoms with E-state index in [1.807, 2.05) is 6.07 Å². The smallest absolute Gasteiger partial charge is 0.336 e. The molecular weight excluding hydrogens is 449 g/mol. The van der Waals surface area contributed by atoms with Gasteiger partial charge in [-0.15, -0.1) is 0 Å². The summed E-state index contributed by atoms with van der Waals surface area (Å²) in [7, 11) is 0. The molecule has 162 valence electrons. The van der Waals surface area contributed by atoms with Crippen molar-refractivity contribution in [3.63, 3.8) is 0 Å². The molecule has 1 aliphatic heterocycles. The average Bonchev–Trinajstić information content (AvgIpc) is 3.10. The summed E-state index contributed by atoms with van der Waals surface area (Å²) in [6.45, 7) is -0.0290. The first-order valence-electron chi connectivity index (χ1n) is 8.97. The third kappa shape index (κ3) is 4.66. The van der Waals surface area contributed by atoms with Gasteiger partial charge < -0.3 is 20.1 Å². The van der Waals surface area contributed by atoms with Crippen LogP contribution in [0.5, 0.6) is 5.75 Å². The summed E-state index contributed by atoms with van der Waals surface area (Å²) >= 11 is 12.0. The average molecular weight is 466 g/mol. The van der Waals surface area contributed by atoms with Crippen LogP contribution in [-0.2, 0) is 25.7 Å². The van der Waals surface area contributed by atoms with Crippen molar-refractivity contribution in [3.05, 3.63) is 75.3 Å².